The topological polar surface area (TPSA) is 75.6 Å². The lowest BCUT2D eigenvalue weighted by Crippen LogP contribution is -2.42. The van der Waals surface area contributed by atoms with Gasteiger partial charge in [0.05, 0.1) is 0 Å². The Morgan fingerprint density at radius 3 is 2.28 bits per heavy atom. The summed E-state index contributed by atoms with van der Waals surface area (Å²) in [6.07, 6.45) is 6.19. The van der Waals surface area contributed by atoms with Crippen LogP contribution < -0.4 is 5.32 Å². The molecule has 5 nitrogen and oxygen atoms in total. The van der Waals surface area contributed by atoms with Gasteiger partial charge < -0.3 is 15.2 Å². The number of ether oxygens (including phenoxy) is 1. The molecule has 1 saturated carbocycles. The van der Waals surface area contributed by atoms with Crippen LogP contribution in [-0.4, -0.2) is 29.8 Å². The number of alkyl carbamates (subject to hydrolysis) is 1. The monoisotopic (exact) mass is 391 g/mol. The van der Waals surface area contributed by atoms with Gasteiger partial charge in [0.1, 0.15) is 6.61 Å². The molecular weight excluding hydrogens is 366 g/mol. The first-order valence-electron chi connectivity index (χ1n) is 10.2. The first-order chi connectivity index (χ1) is 14.1. The molecule has 0 spiro atoms. The second-order valence-corrected chi connectivity index (χ2v) is 7.72. The third-order valence-corrected chi connectivity index (χ3v) is 5.95. The van der Waals surface area contributed by atoms with Crippen LogP contribution in [0.15, 0.2) is 60.7 Å². The number of carbonyl (C=O) groups is 2. The summed E-state index contributed by atoms with van der Waals surface area (Å²) in [4.78, 5) is 23.3. The van der Waals surface area contributed by atoms with Gasteiger partial charge in [-0.05, 0) is 41.0 Å². The molecule has 2 N–H and O–H groups in total. The number of amides is 1. The molecule has 0 aromatic heterocycles. The van der Waals surface area contributed by atoms with Crippen LogP contribution in [0.3, 0.4) is 0 Å². The van der Waals surface area contributed by atoms with Gasteiger partial charge in [-0.2, -0.15) is 0 Å². The van der Waals surface area contributed by atoms with Crippen molar-refractivity contribution in [2.45, 2.75) is 37.6 Å². The van der Waals surface area contributed by atoms with Crippen molar-refractivity contribution in [2.24, 2.45) is 5.92 Å². The predicted molar refractivity (Wildman–Crippen MR) is 111 cm³/mol. The molecule has 1 amide bonds. The Hall–Kier alpha value is -3.08. The predicted octanol–water partition coefficient (Wildman–Crippen LogP) is 4.72. The van der Waals surface area contributed by atoms with Crippen LogP contribution in [0.25, 0.3) is 11.1 Å². The number of carboxylic acids is 1. The first kappa shape index (κ1) is 19.2. The van der Waals surface area contributed by atoms with Crippen molar-refractivity contribution in [3.8, 4) is 11.1 Å². The van der Waals surface area contributed by atoms with Crippen LogP contribution in [0, 0.1) is 5.92 Å². The minimum absolute atomic E-state index is 0.0281. The van der Waals surface area contributed by atoms with Crippen LogP contribution >= 0.6 is 0 Å². The summed E-state index contributed by atoms with van der Waals surface area (Å²) >= 11 is 0. The molecule has 0 bridgehead atoms. The number of benzene rings is 2. The zero-order valence-corrected chi connectivity index (χ0v) is 16.2. The van der Waals surface area contributed by atoms with E-state index < -0.39 is 12.1 Å². The zero-order chi connectivity index (χ0) is 20.2. The van der Waals surface area contributed by atoms with Crippen molar-refractivity contribution in [2.75, 3.05) is 6.61 Å². The van der Waals surface area contributed by atoms with Gasteiger partial charge in [0, 0.05) is 18.0 Å². The average molecular weight is 391 g/mol. The van der Waals surface area contributed by atoms with Crippen molar-refractivity contribution in [1.29, 1.82) is 0 Å². The highest BCUT2D eigenvalue weighted by Crippen LogP contribution is 2.44. The highest BCUT2D eigenvalue weighted by Gasteiger charge is 2.30. The second-order valence-electron chi connectivity index (χ2n) is 7.72. The summed E-state index contributed by atoms with van der Waals surface area (Å²) in [5, 5.41) is 11.8. The van der Waals surface area contributed by atoms with E-state index >= 15 is 0 Å². The van der Waals surface area contributed by atoms with Gasteiger partial charge in [0.15, 0.2) is 0 Å². The number of hydrogen-bond donors (Lipinski definition) is 2. The summed E-state index contributed by atoms with van der Waals surface area (Å²) in [7, 11) is 0. The smallest absolute Gasteiger partial charge is 0.407 e. The third kappa shape index (κ3) is 4.19. The third-order valence-electron chi connectivity index (χ3n) is 5.95. The lowest BCUT2D eigenvalue weighted by atomic mass is 9.84. The fourth-order valence-corrected chi connectivity index (χ4v) is 4.57. The van der Waals surface area contributed by atoms with Gasteiger partial charge in [-0.3, -0.25) is 0 Å². The van der Waals surface area contributed by atoms with E-state index in [9.17, 15) is 9.59 Å². The van der Waals surface area contributed by atoms with Crippen LogP contribution in [-0.2, 0) is 9.53 Å². The Balaban J connectivity index is 1.41. The van der Waals surface area contributed by atoms with E-state index in [-0.39, 0.29) is 24.5 Å². The normalized spacial score (nSPS) is 20.8. The lowest BCUT2D eigenvalue weighted by Gasteiger charge is -2.30. The van der Waals surface area contributed by atoms with Crippen molar-refractivity contribution in [1.82, 2.24) is 5.32 Å². The molecule has 0 unspecified atom stereocenters. The molecule has 2 aliphatic carbocycles. The number of rotatable bonds is 5. The van der Waals surface area contributed by atoms with Crippen molar-refractivity contribution in [3.05, 3.63) is 71.8 Å². The van der Waals surface area contributed by atoms with Gasteiger partial charge >= 0.3 is 12.1 Å². The average Bonchev–Trinajstić information content (AvgIpc) is 3.05. The number of nitrogens with one attached hydrogen (secondary N) is 1. The number of aliphatic carboxylic acids is 1. The Bertz CT molecular complexity index is 890. The highest BCUT2D eigenvalue weighted by atomic mass is 16.5. The van der Waals surface area contributed by atoms with E-state index in [1.54, 1.807) is 6.08 Å². The molecular formula is C24H25NO4. The molecule has 0 radical (unpaired) electrons. The van der Waals surface area contributed by atoms with Gasteiger partial charge in [0.2, 0.25) is 0 Å². The zero-order valence-electron chi connectivity index (χ0n) is 16.2. The number of carbonyl (C=O) groups excluding carboxylic acids is 1. The summed E-state index contributed by atoms with van der Waals surface area (Å²) in [5.41, 5.74) is 4.76. The Labute approximate surface area is 170 Å². The summed E-state index contributed by atoms with van der Waals surface area (Å²) < 4.78 is 5.63. The van der Waals surface area contributed by atoms with Crippen LogP contribution in [0.1, 0.15) is 42.7 Å². The molecule has 2 aliphatic rings. The fraction of sp³-hybridized carbons (Fsp3) is 0.333. The lowest BCUT2D eigenvalue weighted by molar-refractivity contribution is -0.131. The van der Waals surface area contributed by atoms with Crippen molar-refractivity contribution < 1.29 is 19.4 Å². The maximum Gasteiger partial charge on any atom is 0.407 e. The van der Waals surface area contributed by atoms with Crippen molar-refractivity contribution >= 4 is 12.1 Å². The minimum Gasteiger partial charge on any atom is -0.478 e. The fourth-order valence-electron chi connectivity index (χ4n) is 4.57. The molecule has 4 rings (SSSR count). The Morgan fingerprint density at radius 1 is 1.00 bits per heavy atom. The van der Waals surface area contributed by atoms with Crippen LogP contribution in [0.2, 0.25) is 0 Å². The van der Waals surface area contributed by atoms with E-state index in [2.05, 4.69) is 29.6 Å². The van der Waals surface area contributed by atoms with Crippen LogP contribution in [0.5, 0.6) is 0 Å². The molecule has 0 saturated heterocycles. The molecule has 150 valence electrons. The summed E-state index contributed by atoms with van der Waals surface area (Å²) in [6.45, 7) is 0.280. The molecule has 5 heteroatoms. The van der Waals surface area contributed by atoms with Crippen LogP contribution in [0.4, 0.5) is 4.79 Å². The molecule has 29 heavy (non-hydrogen) atoms. The highest BCUT2D eigenvalue weighted by molar-refractivity contribution is 5.80. The SMILES string of the molecule is O=C(O)/C=C/[C@H]1CCCC[C@H]1NC(=O)OCC1c2ccccc2-c2ccccc21. The van der Waals surface area contributed by atoms with E-state index in [1.165, 1.54) is 28.3 Å². The molecule has 0 aliphatic heterocycles. The number of hydrogen-bond acceptors (Lipinski definition) is 3. The summed E-state index contributed by atoms with van der Waals surface area (Å²) in [5.74, 6) is -0.905. The summed E-state index contributed by atoms with van der Waals surface area (Å²) in [6, 6.07) is 16.4. The van der Waals surface area contributed by atoms with E-state index in [1.807, 2.05) is 24.3 Å². The quantitative estimate of drug-likeness (QED) is 0.723. The molecule has 2 aromatic carbocycles. The first-order valence-corrected chi connectivity index (χ1v) is 10.2. The molecule has 0 heterocycles. The van der Waals surface area contributed by atoms with Crippen molar-refractivity contribution in [3.63, 3.8) is 0 Å². The Morgan fingerprint density at radius 2 is 1.62 bits per heavy atom. The number of carboxylic acid groups (broad SMARTS) is 1. The maximum atomic E-state index is 12.5. The minimum atomic E-state index is -0.963. The number of fused-ring (bicyclic) bond motifs is 3. The van der Waals surface area contributed by atoms with Gasteiger partial charge in [0.25, 0.3) is 0 Å². The standard InChI is InChI=1S/C24H25NO4/c26-23(27)14-13-16-7-1-6-12-22(16)25-24(28)29-15-21-19-10-4-2-8-17(19)18-9-3-5-11-20(18)21/h2-5,8-11,13-14,16,21-22H,1,6-7,12,15H2,(H,25,28)(H,26,27)/b14-13+/t16-,22-/m1/s1. The molecule has 1 fully saturated rings. The van der Waals surface area contributed by atoms with Gasteiger partial charge in [-0.1, -0.05) is 67.4 Å². The Kier molecular flexibility index (Phi) is 5.65. The van der Waals surface area contributed by atoms with E-state index in [0.29, 0.717) is 0 Å². The molecule has 2 aromatic rings. The van der Waals surface area contributed by atoms with E-state index in [0.717, 1.165) is 25.7 Å². The van der Waals surface area contributed by atoms with Gasteiger partial charge in [-0.25, -0.2) is 9.59 Å². The van der Waals surface area contributed by atoms with E-state index in [4.69, 9.17) is 9.84 Å². The van der Waals surface area contributed by atoms with Gasteiger partial charge in [-0.15, -0.1) is 0 Å². The largest absolute Gasteiger partial charge is 0.478 e. The second kappa shape index (κ2) is 8.52. The molecule has 2 atom stereocenters. The maximum absolute atomic E-state index is 12.5.